The largest absolute Gasteiger partial charge is 0.507 e. The predicted octanol–water partition coefficient (Wildman–Crippen LogP) is 4.26. The maximum absolute atomic E-state index is 13.1. The topological polar surface area (TPSA) is 102 Å². The number of amides is 1. The molecule has 0 aliphatic carbocycles. The third kappa shape index (κ3) is 4.43. The van der Waals surface area contributed by atoms with Crippen molar-refractivity contribution in [3.8, 4) is 11.5 Å². The van der Waals surface area contributed by atoms with E-state index < -0.39 is 17.7 Å². The number of furan rings is 1. The Morgan fingerprint density at radius 3 is 2.65 bits per heavy atom. The van der Waals surface area contributed by atoms with Gasteiger partial charge in [0, 0.05) is 18.0 Å². The van der Waals surface area contributed by atoms with Crippen molar-refractivity contribution in [2.24, 2.45) is 0 Å². The highest BCUT2D eigenvalue weighted by Crippen LogP contribution is 2.42. The first kappa shape index (κ1) is 22.8. The summed E-state index contributed by atoms with van der Waals surface area (Å²) in [5.74, 6) is -0.334. The standard InChI is InChI=1S/C26H24N2O6/c1-3-13-34-20-8-7-18(15-21(20)32-4-2)23-22(24(29)17-9-11-27-12-10-17)25(30)26(31)28(23)16-19-6-5-14-33-19/h3,5-12,14-15,23,29H,1,4,13,16H2,2H3. The van der Waals surface area contributed by atoms with E-state index in [0.29, 0.717) is 41.6 Å². The number of ketones is 1. The quantitative estimate of drug-likeness (QED) is 0.220. The first-order valence-electron chi connectivity index (χ1n) is 10.8. The Hall–Kier alpha value is -4.33. The van der Waals surface area contributed by atoms with Crippen molar-refractivity contribution in [1.29, 1.82) is 0 Å². The van der Waals surface area contributed by atoms with Crippen LogP contribution in [0.5, 0.6) is 11.5 Å². The molecule has 1 unspecified atom stereocenters. The third-order valence-corrected chi connectivity index (χ3v) is 5.34. The van der Waals surface area contributed by atoms with Crippen LogP contribution < -0.4 is 9.47 Å². The predicted molar refractivity (Wildman–Crippen MR) is 124 cm³/mol. The molecule has 0 spiro atoms. The van der Waals surface area contributed by atoms with E-state index in [-0.39, 0.29) is 17.9 Å². The van der Waals surface area contributed by atoms with Crippen LogP contribution >= 0.6 is 0 Å². The van der Waals surface area contributed by atoms with Crippen LogP contribution in [0, 0.1) is 0 Å². The van der Waals surface area contributed by atoms with E-state index in [1.165, 1.54) is 23.6 Å². The van der Waals surface area contributed by atoms with E-state index in [0.717, 1.165) is 0 Å². The van der Waals surface area contributed by atoms with Gasteiger partial charge in [0.2, 0.25) is 0 Å². The second-order valence-corrected chi connectivity index (χ2v) is 7.48. The Balaban J connectivity index is 1.86. The number of aliphatic hydroxyl groups is 1. The Kier molecular flexibility index (Phi) is 6.77. The van der Waals surface area contributed by atoms with Crippen LogP contribution in [0.1, 0.15) is 29.9 Å². The molecule has 8 heteroatoms. The summed E-state index contributed by atoms with van der Waals surface area (Å²) in [5, 5.41) is 11.1. The normalized spacial score (nSPS) is 17.1. The van der Waals surface area contributed by atoms with Gasteiger partial charge in [0.1, 0.15) is 18.1 Å². The minimum Gasteiger partial charge on any atom is -0.507 e. The minimum atomic E-state index is -0.870. The van der Waals surface area contributed by atoms with Crippen LogP contribution in [0.25, 0.3) is 5.76 Å². The molecule has 1 atom stereocenters. The zero-order chi connectivity index (χ0) is 24.1. The van der Waals surface area contributed by atoms with E-state index >= 15 is 0 Å². The van der Waals surface area contributed by atoms with Gasteiger partial charge in [0.25, 0.3) is 11.7 Å². The molecule has 4 rings (SSSR count). The second kappa shape index (κ2) is 10.1. The number of ether oxygens (including phenoxy) is 2. The number of hydrogen-bond acceptors (Lipinski definition) is 7. The van der Waals surface area contributed by atoms with Crippen LogP contribution in [0.3, 0.4) is 0 Å². The van der Waals surface area contributed by atoms with Gasteiger partial charge in [-0.05, 0) is 48.9 Å². The first-order chi connectivity index (χ1) is 16.5. The molecular weight excluding hydrogens is 436 g/mol. The number of aliphatic hydroxyl groups excluding tert-OH is 1. The molecule has 0 saturated carbocycles. The van der Waals surface area contributed by atoms with Gasteiger partial charge in [-0.3, -0.25) is 14.6 Å². The van der Waals surface area contributed by atoms with Crippen molar-refractivity contribution < 1.29 is 28.6 Å². The molecule has 1 amide bonds. The molecule has 1 aromatic carbocycles. The number of carbonyl (C=O) groups is 2. The van der Waals surface area contributed by atoms with E-state index in [4.69, 9.17) is 13.9 Å². The summed E-state index contributed by atoms with van der Waals surface area (Å²) in [4.78, 5) is 31.6. The molecule has 2 aromatic heterocycles. The highest BCUT2D eigenvalue weighted by molar-refractivity contribution is 6.46. The molecule has 3 aromatic rings. The van der Waals surface area contributed by atoms with E-state index in [2.05, 4.69) is 11.6 Å². The van der Waals surface area contributed by atoms with E-state index in [9.17, 15) is 14.7 Å². The van der Waals surface area contributed by atoms with Crippen LogP contribution in [0.4, 0.5) is 0 Å². The number of benzene rings is 1. The molecule has 1 aliphatic rings. The number of nitrogens with zero attached hydrogens (tertiary/aromatic N) is 2. The van der Waals surface area contributed by atoms with Crippen molar-refractivity contribution >= 4 is 17.4 Å². The van der Waals surface area contributed by atoms with Gasteiger partial charge >= 0.3 is 0 Å². The number of pyridine rings is 1. The lowest BCUT2D eigenvalue weighted by Gasteiger charge is -2.25. The van der Waals surface area contributed by atoms with E-state index in [1.54, 1.807) is 48.5 Å². The average molecular weight is 460 g/mol. The summed E-state index contributed by atoms with van der Waals surface area (Å²) < 4.78 is 16.9. The molecule has 34 heavy (non-hydrogen) atoms. The number of aromatic nitrogens is 1. The molecule has 0 radical (unpaired) electrons. The molecular formula is C26H24N2O6. The number of rotatable bonds is 9. The molecule has 174 valence electrons. The SMILES string of the molecule is C=CCOc1ccc(C2C(=C(O)c3ccncc3)C(=O)C(=O)N2Cc2ccco2)cc1OCC. The van der Waals surface area contributed by atoms with Gasteiger partial charge in [-0.2, -0.15) is 0 Å². The fourth-order valence-corrected chi connectivity index (χ4v) is 3.86. The first-order valence-corrected chi connectivity index (χ1v) is 10.8. The lowest BCUT2D eigenvalue weighted by Crippen LogP contribution is -2.29. The molecule has 0 bridgehead atoms. The van der Waals surface area contributed by atoms with Gasteiger partial charge in [0.15, 0.2) is 11.5 Å². The molecule has 8 nitrogen and oxygen atoms in total. The van der Waals surface area contributed by atoms with Crippen LogP contribution in [0.2, 0.25) is 0 Å². The number of carbonyl (C=O) groups excluding carboxylic acids is 2. The van der Waals surface area contributed by atoms with Crippen molar-refractivity contribution in [3.63, 3.8) is 0 Å². The Labute approximate surface area is 196 Å². The molecule has 1 N–H and O–H groups in total. The summed E-state index contributed by atoms with van der Waals surface area (Å²) >= 11 is 0. The minimum absolute atomic E-state index is 0.0232. The summed E-state index contributed by atoms with van der Waals surface area (Å²) in [7, 11) is 0. The van der Waals surface area contributed by atoms with Crippen molar-refractivity contribution in [2.75, 3.05) is 13.2 Å². The molecule has 3 heterocycles. The monoisotopic (exact) mass is 460 g/mol. The van der Waals surface area contributed by atoms with E-state index in [1.807, 2.05) is 6.92 Å². The highest BCUT2D eigenvalue weighted by Gasteiger charge is 2.46. The summed E-state index contributed by atoms with van der Waals surface area (Å²) in [6.45, 7) is 6.23. The summed E-state index contributed by atoms with van der Waals surface area (Å²) in [6, 6.07) is 10.9. The zero-order valence-electron chi connectivity index (χ0n) is 18.6. The van der Waals surface area contributed by atoms with Gasteiger partial charge in [-0.15, -0.1) is 0 Å². The van der Waals surface area contributed by atoms with Crippen LogP contribution in [-0.4, -0.2) is 39.9 Å². The maximum atomic E-state index is 13.1. The number of hydrogen-bond donors (Lipinski definition) is 1. The van der Waals surface area contributed by atoms with Gasteiger partial charge in [-0.1, -0.05) is 18.7 Å². The lowest BCUT2D eigenvalue weighted by atomic mass is 9.95. The van der Waals surface area contributed by atoms with Gasteiger partial charge in [-0.25, -0.2) is 0 Å². The van der Waals surface area contributed by atoms with Gasteiger partial charge in [0.05, 0.1) is 31.0 Å². The third-order valence-electron chi connectivity index (χ3n) is 5.34. The maximum Gasteiger partial charge on any atom is 0.296 e. The molecule has 1 fully saturated rings. The van der Waals surface area contributed by atoms with Gasteiger partial charge < -0.3 is 23.9 Å². The number of Topliss-reactive ketones (excluding diaryl/α,β-unsaturated/α-hetero) is 1. The zero-order valence-corrected chi connectivity index (χ0v) is 18.6. The van der Waals surface area contributed by atoms with Crippen molar-refractivity contribution in [1.82, 2.24) is 9.88 Å². The second-order valence-electron chi connectivity index (χ2n) is 7.48. The van der Waals surface area contributed by atoms with Crippen LogP contribution in [-0.2, 0) is 16.1 Å². The lowest BCUT2D eigenvalue weighted by molar-refractivity contribution is -0.140. The Morgan fingerprint density at radius 1 is 1.18 bits per heavy atom. The Bertz CT molecular complexity index is 1220. The number of likely N-dealkylation sites (tertiary alicyclic amines) is 1. The van der Waals surface area contributed by atoms with Crippen molar-refractivity contribution in [3.05, 3.63) is 96.2 Å². The van der Waals surface area contributed by atoms with Crippen molar-refractivity contribution in [2.45, 2.75) is 19.5 Å². The summed E-state index contributed by atoms with van der Waals surface area (Å²) in [6.07, 6.45) is 6.12. The fourth-order valence-electron chi connectivity index (χ4n) is 3.86. The highest BCUT2D eigenvalue weighted by atomic mass is 16.5. The van der Waals surface area contributed by atoms with Crippen LogP contribution in [0.15, 0.2) is 83.8 Å². The Morgan fingerprint density at radius 2 is 1.97 bits per heavy atom. The summed E-state index contributed by atoms with van der Waals surface area (Å²) in [5.41, 5.74) is 0.938. The fraction of sp³-hybridized carbons (Fsp3) is 0.192. The average Bonchev–Trinajstić information content (AvgIpc) is 3.46. The molecule has 1 aliphatic heterocycles. The molecule has 1 saturated heterocycles. The smallest absolute Gasteiger partial charge is 0.296 e.